The highest BCUT2D eigenvalue weighted by atomic mass is 16.3. The lowest BCUT2D eigenvalue weighted by Gasteiger charge is -2.15. The van der Waals surface area contributed by atoms with Crippen molar-refractivity contribution >= 4 is 5.91 Å². The lowest BCUT2D eigenvalue weighted by Crippen LogP contribution is -2.31. The zero-order chi connectivity index (χ0) is 13.0. The lowest BCUT2D eigenvalue weighted by atomic mass is 10.1. The molecule has 0 bridgehead atoms. The van der Waals surface area contributed by atoms with Crippen molar-refractivity contribution in [3.05, 3.63) is 47.5 Å². The van der Waals surface area contributed by atoms with Crippen LogP contribution in [0.25, 0.3) is 0 Å². The molecule has 0 aliphatic rings. The normalized spacial score (nSPS) is 12.1. The molecule has 1 amide bonds. The summed E-state index contributed by atoms with van der Waals surface area (Å²) in [4.78, 5) is 15.8. The van der Waals surface area contributed by atoms with Crippen molar-refractivity contribution in [2.24, 2.45) is 0 Å². The first-order valence-electron chi connectivity index (χ1n) is 5.56. The number of benzene rings is 1. The van der Waals surface area contributed by atoms with Crippen LogP contribution in [0.3, 0.4) is 0 Å². The van der Waals surface area contributed by atoms with Crippen LogP contribution >= 0.6 is 0 Å². The van der Waals surface area contributed by atoms with E-state index in [4.69, 9.17) is 0 Å². The number of amides is 1. The first-order valence-corrected chi connectivity index (χ1v) is 5.56. The largest absolute Gasteiger partial charge is 0.394 e. The summed E-state index contributed by atoms with van der Waals surface area (Å²) in [6, 6.07) is 8.78. The Bertz CT molecular complexity index is 524. The molecule has 1 aromatic heterocycles. The maximum Gasteiger partial charge on any atom is 0.291 e. The quantitative estimate of drug-likeness (QED) is 0.735. The number of carbonyl (C=O) groups excluding carboxylic acids is 1. The Labute approximate surface area is 104 Å². The summed E-state index contributed by atoms with van der Waals surface area (Å²) in [5.74, 6) is 0.226. The van der Waals surface area contributed by atoms with Gasteiger partial charge in [0.05, 0.1) is 12.6 Å². The zero-order valence-corrected chi connectivity index (χ0v) is 9.92. The Balaban J connectivity index is 2.10. The summed E-state index contributed by atoms with van der Waals surface area (Å²) < 4.78 is 0. The maximum atomic E-state index is 11.8. The predicted molar refractivity (Wildman–Crippen MR) is 64.9 cm³/mol. The number of aromatic nitrogens is 3. The number of aryl methyl sites for hydroxylation is 1. The number of rotatable bonds is 4. The van der Waals surface area contributed by atoms with Gasteiger partial charge in [0.25, 0.3) is 5.91 Å². The third-order valence-corrected chi connectivity index (χ3v) is 2.49. The molecule has 0 aliphatic heterocycles. The fourth-order valence-corrected chi connectivity index (χ4v) is 1.59. The number of aliphatic hydroxyl groups excluding tert-OH is 1. The summed E-state index contributed by atoms with van der Waals surface area (Å²) in [6.45, 7) is 1.53. The van der Waals surface area contributed by atoms with Gasteiger partial charge in [-0.15, -0.1) is 5.10 Å². The van der Waals surface area contributed by atoms with E-state index >= 15 is 0 Å². The monoisotopic (exact) mass is 246 g/mol. The topological polar surface area (TPSA) is 90.9 Å². The Kier molecular flexibility index (Phi) is 3.69. The van der Waals surface area contributed by atoms with Crippen LogP contribution in [0.15, 0.2) is 30.3 Å². The van der Waals surface area contributed by atoms with E-state index in [0.29, 0.717) is 5.82 Å². The van der Waals surface area contributed by atoms with E-state index in [1.807, 2.05) is 30.3 Å². The second-order valence-electron chi connectivity index (χ2n) is 3.86. The average Bonchev–Trinajstić information content (AvgIpc) is 2.83. The SMILES string of the molecule is Cc1nc(C(=O)N[C@H](CO)c2ccccc2)n[nH]1. The fourth-order valence-electron chi connectivity index (χ4n) is 1.59. The number of H-pyrrole nitrogens is 1. The number of hydrogen-bond donors (Lipinski definition) is 3. The number of hydrogen-bond acceptors (Lipinski definition) is 4. The van der Waals surface area contributed by atoms with E-state index in [-0.39, 0.29) is 12.4 Å². The van der Waals surface area contributed by atoms with Gasteiger partial charge in [-0.05, 0) is 12.5 Å². The maximum absolute atomic E-state index is 11.8. The molecular formula is C12H14N4O2. The Morgan fingerprint density at radius 1 is 1.44 bits per heavy atom. The molecular weight excluding hydrogens is 232 g/mol. The van der Waals surface area contributed by atoms with Crippen LogP contribution in [0.4, 0.5) is 0 Å². The van der Waals surface area contributed by atoms with Gasteiger partial charge in [0.1, 0.15) is 5.82 Å². The molecule has 6 nitrogen and oxygen atoms in total. The summed E-state index contributed by atoms with van der Waals surface area (Å²) in [5.41, 5.74) is 0.834. The summed E-state index contributed by atoms with van der Waals surface area (Å²) >= 11 is 0. The molecule has 2 aromatic rings. The number of nitrogens with zero attached hydrogens (tertiary/aromatic N) is 2. The molecule has 0 fully saturated rings. The molecule has 1 heterocycles. The van der Waals surface area contributed by atoms with Crippen LogP contribution in [0.2, 0.25) is 0 Å². The molecule has 0 aliphatic carbocycles. The molecule has 2 rings (SSSR count). The van der Waals surface area contributed by atoms with Crippen LogP contribution in [-0.4, -0.2) is 32.8 Å². The number of carbonyl (C=O) groups is 1. The predicted octanol–water partition coefficient (Wildman–Crippen LogP) is 0.577. The standard InChI is InChI=1S/C12H14N4O2/c1-8-13-11(16-15-8)12(18)14-10(7-17)9-5-3-2-4-6-9/h2-6,10,17H,7H2,1H3,(H,14,18)(H,13,15,16)/t10-/m1/s1. The van der Waals surface area contributed by atoms with Gasteiger partial charge < -0.3 is 10.4 Å². The number of aromatic amines is 1. The molecule has 1 atom stereocenters. The van der Waals surface area contributed by atoms with Gasteiger partial charge >= 0.3 is 0 Å². The van der Waals surface area contributed by atoms with Gasteiger partial charge in [-0.2, -0.15) is 0 Å². The first-order chi connectivity index (χ1) is 8.70. The number of nitrogens with one attached hydrogen (secondary N) is 2. The third-order valence-electron chi connectivity index (χ3n) is 2.49. The number of aliphatic hydroxyl groups is 1. The molecule has 0 unspecified atom stereocenters. The van der Waals surface area contributed by atoms with Crippen molar-refractivity contribution in [1.29, 1.82) is 0 Å². The van der Waals surface area contributed by atoms with E-state index in [0.717, 1.165) is 5.56 Å². The lowest BCUT2D eigenvalue weighted by molar-refractivity contribution is 0.0906. The summed E-state index contributed by atoms with van der Waals surface area (Å²) in [6.07, 6.45) is 0. The van der Waals surface area contributed by atoms with Crippen LogP contribution in [0.1, 0.15) is 28.0 Å². The fraction of sp³-hybridized carbons (Fsp3) is 0.250. The molecule has 3 N–H and O–H groups in total. The van der Waals surface area contributed by atoms with Crippen molar-refractivity contribution in [2.75, 3.05) is 6.61 Å². The average molecular weight is 246 g/mol. The van der Waals surface area contributed by atoms with Crippen LogP contribution in [-0.2, 0) is 0 Å². The molecule has 18 heavy (non-hydrogen) atoms. The second-order valence-corrected chi connectivity index (χ2v) is 3.86. The minimum atomic E-state index is -0.461. The van der Waals surface area contributed by atoms with Crippen LogP contribution in [0.5, 0.6) is 0 Å². The van der Waals surface area contributed by atoms with Crippen molar-refractivity contribution in [3.63, 3.8) is 0 Å². The Hall–Kier alpha value is -2.21. The van der Waals surface area contributed by atoms with E-state index in [1.165, 1.54) is 0 Å². The minimum absolute atomic E-state index is 0.0712. The van der Waals surface area contributed by atoms with Crippen LogP contribution in [0, 0.1) is 6.92 Å². The summed E-state index contributed by atoms with van der Waals surface area (Å²) in [5, 5.41) is 18.4. The molecule has 6 heteroatoms. The van der Waals surface area contributed by atoms with Gasteiger partial charge in [-0.25, -0.2) is 4.98 Å². The highest BCUT2D eigenvalue weighted by Gasteiger charge is 2.17. The minimum Gasteiger partial charge on any atom is -0.394 e. The molecule has 94 valence electrons. The molecule has 0 spiro atoms. The summed E-state index contributed by atoms with van der Waals surface area (Å²) in [7, 11) is 0. The molecule has 0 radical (unpaired) electrons. The second kappa shape index (κ2) is 5.42. The smallest absolute Gasteiger partial charge is 0.291 e. The zero-order valence-electron chi connectivity index (χ0n) is 9.92. The van der Waals surface area contributed by atoms with Gasteiger partial charge in [0.15, 0.2) is 0 Å². The van der Waals surface area contributed by atoms with Gasteiger partial charge in [0, 0.05) is 0 Å². The van der Waals surface area contributed by atoms with Crippen molar-refractivity contribution in [3.8, 4) is 0 Å². The van der Waals surface area contributed by atoms with Gasteiger partial charge in [-0.3, -0.25) is 9.89 Å². The molecule has 1 aromatic carbocycles. The van der Waals surface area contributed by atoms with E-state index < -0.39 is 11.9 Å². The van der Waals surface area contributed by atoms with E-state index in [1.54, 1.807) is 6.92 Å². The van der Waals surface area contributed by atoms with Crippen molar-refractivity contribution in [2.45, 2.75) is 13.0 Å². The van der Waals surface area contributed by atoms with Crippen molar-refractivity contribution in [1.82, 2.24) is 20.5 Å². The Morgan fingerprint density at radius 2 is 2.17 bits per heavy atom. The highest BCUT2D eigenvalue weighted by Crippen LogP contribution is 2.11. The molecule has 0 saturated carbocycles. The third kappa shape index (κ3) is 2.72. The van der Waals surface area contributed by atoms with E-state index in [2.05, 4.69) is 20.5 Å². The van der Waals surface area contributed by atoms with E-state index in [9.17, 15) is 9.90 Å². The van der Waals surface area contributed by atoms with Crippen LogP contribution < -0.4 is 5.32 Å². The van der Waals surface area contributed by atoms with Gasteiger partial charge in [-0.1, -0.05) is 30.3 Å². The first kappa shape index (κ1) is 12.3. The Morgan fingerprint density at radius 3 is 2.72 bits per heavy atom. The van der Waals surface area contributed by atoms with Crippen molar-refractivity contribution < 1.29 is 9.90 Å². The van der Waals surface area contributed by atoms with Gasteiger partial charge in [0.2, 0.25) is 5.82 Å². The molecule has 0 saturated heterocycles. The highest BCUT2D eigenvalue weighted by molar-refractivity contribution is 5.90.